The minimum absolute atomic E-state index is 1.02. The number of nitrogens with zero attached hydrogens (tertiary/aromatic N) is 1. The molecule has 0 aliphatic heterocycles. The van der Waals surface area contributed by atoms with Gasteiger partial charge in [0.05, 0.1) is 15.9 Å². The first-order valence-corrected chi connectivity index (χ1v) is 7.69. The molecule has 0 fully saturated rings. The van der Waals surface area contributed by atoms with E-state index in [0.29, 0.717) is 0 Å². The highest BCUT2D eigenvalue weighted by Gasteiger charge is 2.08. The molecule has 2 heterocycles. The Morgan fingerprint density at radius 3 is 2.47 bits per heavy atom. The summed E-state index contributed by atoms with van der Waals surface area (Å²) in [5, 5.41) is 2.10. The van der Waals surface area contributed by atoms with Gasteiger partial charge in [0.1, 0.15) is 0 Å². The first-order valence-electron chi connectivity index (χ1n) is 6.81. The smallest absolute Gasteiger partial charge is 0.0817 e. The Hall–Kier alpha value is -1.67. The first kappa shape index (κ1) is 13.8. The van der Waals surface area contributed by atoms with Crippen LogP contribution < -0.4 is 0 Å². The summed E-state index contributed by atoms with van der Waals surface area (Å²) >= 11 is 1.76. The summed E-state index contributed by atoms with van der Waals surface area (Å²) in [6, 6.07) is 14.8. The van der Waals surface area contributed by atoms with Crippen molar-refractivity contribution in [3.8, 4) is 11.3 Å². The number of fused-ring (bicyclic) bond motifs is 1. The van der Waals surface area contributed by atoms with Gasteiger partial charge in [-0.1, -0.05) is 51.1 Å². The van der Waals surface area contributed by atoms with Crippen LogP contribution in [-0.4, -0.2) is 4.98 Å². The summed E-state index contributed by atoms with van der Waals surface area (Å²) in [4.78, 5) is 4.79. The second-order valence-corrected chi connectivity index (χ2v) is 4.97. The van der Waals surface area contributed by atoms with Crippen molar-refractivity contribution in [1.29, 1.82) is 0 Å². The number of benzene rings is 1. The van der Waals surface area contributed by atoms with E-state index in [1.807, 2.05) is 19.9 Å². The van der Waals surface area contributed by atoms with Gasteiger partial charge in [-0.3, -0.25) is 0 Å². The summed E-state index contributed by atoms with van der Waals surface area (Å²) in [5.74, 6) is 0. The Morgan fingerprint density at radius 2 is 1.79 bits per heavy atom. The minimum Gasteiger partial charge on any atom is -0.247 e. The molecule has 98 valence electrons. The maximum Gasteiger partial charge on any atom is 0.0817 e. The molecule has 3 rings (SSSR count). The molecule has 0 unspecified atom stereocenters. The summed E-state index contributed by atoms with van der Waals surface area (Å²) in [5.41, 5.74) is 4.76. The van der Waals surface area contributed by atoms with E-state index in [1.54, 1.807) is 11.3 Å². The van der Waals surface area contributed by atoms with E-state index in [0.717, 1.165) is 17.6 Å². The average molecular weight is 269 g/mol. The van der Waals surface area contributed by atoms with Gasteiger partial charge in [0.2, 0.25) is 0 Å². The topological polar surface area (TPSA) is 12.9 Å². The zero-order valence-corrected chi connectivity index (χ0v) is 12.5. The molecular formula is C17H19NS. The molecule has 0 amide bonds. The van der Waals surface area contributed by atoms with Gasteiger partial charge in [0, 0.05) is 5.56 Å². The van der Waals surface area contributed by atoms with Gasteiger partial charge in [-0.15, -0.1) is 11.3 Å². The molecule has 3 aromatic rings. The molecule has 0 atom stereocenters. The first-order chi connectivity index (χ1) is 9.38. The molecular weight excluding hydrogens is 250 g/mol. The van der Waals surface area contributed by atoms with E-state index >= 15 is 0 Å². The lowest BCUT2D eigenvalue weighted by atomic mass is 10.0. The summed E-state index contributed by atoms with van der Waals surface area (Å²) in [6.07, 6.45) is 1.02. The quantitative estimate of drug-likeness (QED) is 0.594. The zero-order chi connectivity index (χ0) is 13.7. The van der Waals surface area contributed by atoms with Crippen LogP contribution in [0.15, 0.2) is 47.8 Å². The monoisotopic (exact) mass is 269 g/mol. The molecule has 2 aromatic heterocycles. The number of hydrogen-bond acceptors (Lipinski definition) is 2. The normalized spacial score (nSPS) is 10.1. The molecule has 2 heteroatoms. The predicted molar refractivity (Wildman–Crippen MR) is 85.8 cm³/mol. The molecule has 1 nitrogen and oxygen atoms in total. The van der Waals surface area contributed by atoms with Gasteiger partial charge >= 0.3 is 0 Å². The van der Waals surface area contributed by atoms with Crippen molar-refractivity contribution in [3.63, 3.8) is 0 Å². The highest BCUT2D eigenvalue weighted by atomic mass is 32.1. The molecule has 0 saturated heterocycles. The molecule has 0 aliphatic rings. The van der Waals surface area contributed by atoms with Crippen LogP contribution in [0.25, 0.3) is 21.5 Å². The molecule has 0 aliphatic carbocycles. The Balaban J connectivity index is 0.000000637. The highest BCUT2D eigenvalue weighted by Crippen LogP contribution is 2.28. The van der Waals surface area contributed by atoms with Crippen LogP contribution in [0.1, 0.15) is 26.3 Å². The third kappa shape index (κ3) is 2.85. The highest BCUT2D eigenvalue weighted by molar-refractivity contribution is 7.17. The fourth-order valence-electron chi connectivity index (χ4n) is 2.05. The van der Waals surface area contributed by atoms with Gasteiger partial charge in [-0.05, 0) is 29.5 Å². The molecule has 1 aromatic carbocycles. The summed E-state index contributed by atoms with van der Waals surface area (Å²) < 4.78 is 1.28. The Kier molecular flexibility index (Phi) is 4.69. The molecule has 0 spiro atoms. The lowest BCUT2D eigenvalue weighted by molar-refractivity contribution is 1.13. The standard InChI is InChI=1S/C15H13NS.C2H6/c1-2-11-10-14-13(8-9-17-14)16-15(11)12-6-4-3-5-7-12;1-2/h3-10H,2H2,1H3;1-2H3. The van der Waals surface area contributed by atoms with Gasteiger partial charge in [-0.2, -0.15) is 0 Å². The van der Waals surface area contributed by atoms with Gasteiger partial charge in [0.25, 0.3) is 0 Å². The van der Waals surface area contributed by atoms with Crippen LogP contribution in [-0.2, 0) is 6.42 Å². The second kappa shape index (κ2) is 6.48. The fraction of sp³-hybridized carbons (Fsp3) is 0.235. The van der Waals surface area contributed by atoms with Crippen molar-refractivity contribution in [1.82, 2.24) is 4.98 Å². The maximum absolute atomic E-state index is 4.79. The molecule has 0 radical (unpaired) electrons. The van der Waals surface area contributed by atoms with Crippen LogP contribution >= 0.6 is 11.3 Å². The van der Waals surface area contributed by atoms with Gasteiger partial charge in [-0.25, -0.2) is 4.98 Å². The van der Waals surface area contributed by atoms with Crippen LogP contribution in [0.3, 0.4) is 0 Å². The van der Waals surface area contributed by atoms with E-state index in [-0.39, 0.29) is 0 Å². The minimum atomic E-state index is 1.02. The van der Waals surface area contributed by atoms with E-state index in [2.05, 4.69) is 48.7 Å². The van der Waals surface area contributed by atoms with E-state index in [9.17, 15) is 0 Å². The predicted octanol–water partition coefficient (Wildman–Crippen LogP) is 5.55. The molecule has 0 saturated carbocycles. The van der Waals surface area contributed by atoms with Crippen molar-refractivity contribution >= 4 is 21.6 Å². The van der Waals surface area contributed by atoms with E-state index in [1.165, 1.54) is 15.8 Å². The van der Waals surface area contributed by atoms with Crippen LogP contribution in [0, 0.1) is 0 Å². The Labute approximate surface area is 118 Å². The SMILES string of the molecule is CC.CCc1cc2sccc2nc1-c1ccccc1. The average Bonchev–Trinajstić information content (AvgIpc) is 2.96. The van der Waals surface area contributed by atoms with Gasteiger partial charge in [0.15, 0.2) is 0 Å². The third-order valence-electron chi connectivity index (χ3n) is 2.94. The number of rotatable bonds is 2. The summed E-state index contributed by atoms with van der Waals surface area (Å²) in [6.45, 7) is 6.18. The van der Waals surface area contributed by atoms with Crippen molar-refractivity contribution in [2.45, 2.75) is 27.2 Å². The summed E-state index contributed by atoms with van der Waals surface area (Å²) in [7, 11) is 0. The van der Waals surface area contributed by atoms with Crippen LogP contribution in [0.4, 0.5) is 0 Å². The largest absolute Gasteiger partial charge is 0.247 e. The Morgan fingerprint density at radius 1 is 1.05 bits per heavy atom. The van der Waals surface area contributed by atoms with Crippen molar-refractivity contribution < 1.29 is 0 Å². The van der Waals surface area contributed by atoms with E-state index < -0.39 is 0 Å². The van der Waals surface area contributed by atoms with Crippen LogP contribution in [0.2, 0.25) is 0 Å². The lowest BCUT2D eigenvalue weighted by Crippen LogP contribution is -1.91. The number of pyridine rings is 1. The number of aryl methyl sites for hydroxylation is 1. The zero-order valence-electron chi connectivity index (χ0n) is 11.7. The fourth-order valence-corrected chi connectivity index (χ4v) is 2.84. The number of aromatic nitrogens is 1. The Bertz CT molecular complexity index is 641. The number of hydrogen-bond donors (Lipinski definition) is 0. The lowest BCUT2D eigenvalue weighted by Gasteiger charge is -2.07. The number of thiophene rings is 1. The van der Waals surface area contributed by atoms with Crippen molar-refractivity contribution in [2.24, 2.45) is 0 Å². The molecule has 0 N–H and O–H groups in total. The van der Waals surface area contributed by atoms with E-state index in [4.69, 9.17) is 4.98 Å². The molecule has 0 bridgehead atoms. The molecule has 19 heavy (non-hydrogen) atoms. The van der Waals surface area contributed by atoms with Crippen molar-refractivity contribution in [3.05, 3.63) is 53.4 Å². The van der Waals surface area contributed by atoms with Gasteiger partial charge < -0.3 is 0 Å². The van der Waals surface area contributed by atoms with Crippen molar-refractivity contribution in [2.75, 3.05) is 0 Å². The third-order valence-corrected chi connectivity index (χ3v) is 3.80. The maximum atomic E-state index is 4.79. The second-order valence-electron chi connectivity index (χ2n) is 4.02. The van der Waals surface area contributed by atoms with Crippen LogP contribution in [0.5, 0.6) is 0 Å².